The van der Waals surface area contributed by atoms with Gasteiger partial charge in [-0.3, -0.25) is 9.36 Å². The Hall–Kier alpha value is -1.98. The molecule has 0 atom stereocenters. The van der Waals surface area contributed by atoms with Crippen molar-refractivity contribution in [2.75, 3.05) is 6.61 Å². The molecule has 0 radical (unpaired) electrons. The Kier molecular flexibility index (Phi) is 3.61. The van der Waals surface area contributed by atoms with E-state index in [1.165, 1.54) is 27.8 Å². The molecular formula is C16H16N2O2S. The first-order valence-electron chi connectivity index (χ1n) is 6.77. The SMILES string of the molecule is Cc1ccc(-c2csc3ncn(CCO)c(=O)c23)c(C)c1. The number of hydrogen-bond donors (Lipinski definition) is 1. The van der Waals surface area contributed by atoms with Crippen molar-refractivity contribution in [3.8, 4) is 11.1 Å². The van der Waals surface area contributed by atoms with Crippen LogP contribution in [0.25, 0.3) is 21.3 Å². The molecule has 1 N–H and O–H groups in total. The molecule has 0 amide bonds. The van der Waals surface area contributed by atoms with Crippen LogP contribution in [0.3, 0.4) is 0 Å². The van der Waals surface area contributed by atoms with E-state index < -0.39 is 0 Å². The van der Waals surface area contributed by atoms with Gasteiger partial charge >= 0.3 is 0 Å². The molecule has 21 heavy (non-hydrogen) atoms. The molecule has 1 aromatic carbocycles. The summed E-state index contributed by atoms with van der Waals surface area (Å²) in [5, 5.41) is 11.7. The van der Waals surface area contributed by atoms with Crippen LogP contribution in [0.1, 0.15) is 11.1 Å². The summed E-state index contributed by atoms with van der Waals surface area (Å²) in [5.41, 5.74) is 4.24. The van der Waals surface area contributed by atoms with E-state index in [4.69, 9.17) is 5.11 Å². The van der Waals surface area contributed by atoms with Crippen molar-refractivity contribution in [3.63, 3.8) is 0 Å². The van der Waals surface area contributed by atoms with Gasteiger partial charge in [0.25, 0.3) is 5.56 Å². The van der Waals surface area contributed by atoms with Gasteiger partial charge in [0.2, 0.25) is 0 Å². The molecule has 3 aromatic rings. The normalized spacial score (nSPS) is 11.2. The highest BCUT2D eigenvalue weighted by molar-refractivity contribution is 7.17. The maximum absolute atomic E-state index is 12.6. The lowest BCUT2D eigenvalue weighted by Gasteiger charge is -2.07. The van der Waals surface area contributed by atoms with Gasteiger partial charge in [-0.15, -0.1) is 11.3 Å². The van der Waals surface area contributed by atoms with Gasteiger partial charge in [-0.25, -0.2) is 4.98 Å². The van der Waals surface area contributed by atoms with E-state index in [-0.39, 0.29) is 18.7 Å². The van der Waals surface area contributed by atoms with Gasteiger partial charge < -0.3 is 5.11 Å². The molecule has 0 unspecified atom stereocenters. The van der Waals surface area contributed by atoms with E-state index in [1.54, 1.807) is 0 Å². The first-order valence-corrected chi connectivity index (χ1v) is 7.65. The molecule has 0 bridgehead atoms. The highest BCUT2D eigenvalue weighted by atomic mass is 32.1. The standard InChI is InChI=1S/C16H16N2O2S/c1-10-3-4-12(11(2)7-10)13-8-21-15-14(13)16(20)18(5-6-19)9-17-15/h3-4,7-9,19H,5-6H2,1-2H3. The van der Waals surface area contributed by atoms with Crippen molar-refractivity contribution in [2.24, 2.45) is 0 Å². The average Bonchev–Trinajstić information content (AvgIpc) is 2.87. The van der Waals surface area contributed by atoms with E-state index in [0.29, 0.717) is 5.39 Å². The molecular weight excluding hydrogens is 284 g/mol. The van der Waals surface area contributed by atoms with Crippen molar-refractivity contribution < 1.29 is 5.11 Å². The largest absolute Gasteiger partial charge is 0.395 e. The first kappa shape index (κ1) is 14.0. The van der Waals surface area contributed by atoms with Crippen LogP contribution >= 0.6 is 11.3 Å². The predicted octanol–water partition coefficient (Wildman–Crippen LogP) is 2.73. The number of hydrogen-bond acceptors (Lipinski definition) is 4. The summed E-state index contributed by atoms with van der Waals surface area (Å²) in [6.07, 6.45) is 1.50. The molecule has 2 aromatic heterocycles. The average molecular weight is 300 g/mol. The zero-order valence-electron chi connectivity index (χ0n) is 12.0. The topological polar surface area (TPSA) is 55.1 Å². The van der Waals surface area contributed by atoms with Crippen LogP contribution in [0.15, 0.2) is 34.7 Å². The Labute approximate surface area is 126 Å². The molecule has 0 aliphatic rings. The van der Waals surface area contributed by atoms with Crippen molar-refractivity contribution in [2.45, 2.75) is 20.4 Å². The predicted molar refractivity (Wildman–Crippen MR) is 85.9 cm³/mol. The number of nitrogens with zero attached hydrogens (tertiary/aromatic N) is 2. The maximum atomic E-state index is 12.6. The lowest BCUT2D eigenvalue weighted by atomic mass is 9.99. The van der Waals surface area contributed by atoms with E-state index in [9.17, 15) is 4.79 Å². The fraction of sp³-hybridized carbons (Fsp3) is 0.250. The third-order valence-electron chi connectivity index (χ3n) is 3.57. The fourth-order valence-electron chi connectivity index (χ4n) is 2.55. The minimum Gasteiger partial charge on any atom is -0.395 e. The third kappa shape index (κ3) is 2.39. The highest BCUT2D eigenvalue weighted by Crippen LogP contribution is 2.32. The Morgan fingerprint density at radius 3 is 2.81 bits per heavy atom. The minimum atomic E-state index is -0.0923. The van der Waals surface area contributed by atoms with E-state index >= 15 is 0 Å². The summed E-state index contributed by atoms with van der Waals surface area (Å²) in [6.45, 7) is 4.30. The molecule has 0 fully saturated rings. The number of aromatic nitrogens is 2. The van der Waals surface area contributed by atoms with Crippen LogP contribution in [-0.4, -0.2) is 21.3 Å². The van der Waals surface area contributed by atoms with Crippen LogP contribution in [0.5, 0.6) is 0 Å². The molecule has 4 nitrogen and oxygen atoms in total. The second-order valence-corrected chi connectivity index (χ2v) is 5.97. The Bertz CT molecular complexity index is 864. The molecule has 0 aliphatic heterocycles. The molecule has 108 valence electrons. The quantitative estimate of drug-likeness (QED) is 0.809. The van der Waals surface area contributed by atoms with Crippen LogP contribution < -0.4 is 5.56 Å². The number of aliphatic hydroxyl groups is 1. The van der Waals surface area contributed by atoms with Crippen LogP contribution in [0, 0.1) is 13.8 Å². The lowest BCUT2D eigenvalue weighted by molar-refractivity contribution is 0.274. The smallest absolute Gasteiger partial charge is 0.262 e. The summed E-state index contributed by atoms with van der Waals surface area (Å²) in [6, 6.07) is 6.21. The maximum Gasteiger partial charge on any atom is 0.262 e. The van der Waals surface area contributed by atoms with E-state index in [1.807, 2.05) is 5.38 Å². The lowest BCUT2D eigenvalue weighted by Crippen LogP contribution is -2.21. The number of rotatable bonds is 3. The van der Waals surface area contributed by atoms with Crippen molar-refractivity contribution in [3.05, 3.63) is 51.4 Å². The second-order valence-electron chi connectivity index (χ2n) is 5.11. The van der Waals surface area contributed by atoms with Gasteiger partial charge in [0.1, 0.15) is 4.83 Å². The Morgan fingerprint density at radius 2 is 2.10 bits per heavy atom. The number of thiophene rings is 1. The molecule has 0 spiro atoms. The third-order valence-corrected chi connectivity index (χ3v) is 4.46. The summed E-state index contributed by atoms with van der Waals surface area (Å²) < 4.78 is 1.46. The summed E-state index contributed by atoms with van der Waals surface area (Å²) >= 11 is 1.48. The summed E-state index contributed by atoms with van der Waals surface area (Å²) in [7, 11) is 0. The number of fused-ring (bicyclic) bond motifs is 1. The summed E-state index contributed by atoms with van der Waals surface area (Å²) in [5.74, 6) is 0. The highest BCUT2D eigenvalue weighted by Gasteiger charge is 2.14. The molecule has 2 heterocycles. The molecule has 3 rings (SSSR count). The minimum absolute atomic E-state index is 0.0733. The van der Waals surface area contributed by atoms with Crippen LogP contribution in [0.2, 0.25) is 0 Å². The molecule has 0 aliphatic carbocycles. The number of aryl methyl sites for hydroxylation is 2. The first-order chi connectivity index (χ1) is 10.1. The van der Waals surface area contributed by atoms with Crippen molar-refractivity contribution in [1.29, 1.82) is 0 Å². The Balaban J connectivity index is 2.28. The molecule has 0 saturated carbocycles. The van der Waals surface area contributed by atoms with E-state index in [2.05, 4.69) is 37.0 Å². The van der Waals surface area contributed by atoms with Crippen LogP contribution in [0.4, 0.5) is 0 Å². The van der Waals surface area contributed by atoms with E-state index in [0.717, 1.165) is 21.5 Å². The summed E-state index contributed by atoms with van der Waals surface area (Å²) in [4.78, 5) is 17.6. The van der Waals surface area contributed by atoms with Gasteiger partial charge in [-0.05, 0) is 25.0 Å². The molecule has 5 heteroatoms. The van der Waals surface area contributed by atoms with Crippen molar-refractivity contribution >= 4 is 21.6 Å². The molecule has 0 saturated heterocycles. The number of benzene rings is 1. The zero-order chi connectivity index (χ0) is 15.0. The monoisotopic (exact) mass is 300 g/mol. The van der Waals surface area contributed by atoms with Crippen molar-refractivity contribution in [1.82, 2.24) is 9.55 Å². The van der Waals surface area contributed by atoms with Gasteiger partial charge in [0.05, 0.1) is 24.9 Å². The fourth-order valence-corrected chi connectivity index (χ4v) is 3.45. The van der Waals surface area contributed by atoms with Gasteiger partial charge in [-0.1, -0.05) is 23.8 Å². The second kappa shape index (κ2) is 5.42. The van der Waals surface area contributed by atoms with Gasteiger partial charge in [0, 0.05) is 10.9 Å². The zero-order valence-corrected chi connectivity index (χ0v) is 12.8. The van der Waals surface area contributed by atoms with Gasteiger partial charge in [0.15, 0.2) is 0 Å². The number of aliphatic hydroxyl groups excluding tert-OH is 1. The Morgan fingerprint density at radius 1 is 1.29 bits per heavy atom. The van der Waals surface area contributed by atoms with Crippen LogP contribution in [-0.2, 0) is 6.54 Å². The van der Waals surface area contributed by atoms with Gasteiger partial charge in [-0.2, -0.15) is 0 Å².